The minimum Gasteiger partial charge on any atom is -0.497 e. The van der Waals surface area contributed by atoms with E-state index in [0.29, 0.717) is 35.6 Å². The van der Waals surface area contributed by atoms with E-state index in [-0.39, 0.29) is 30.2 Å². The lowest BCUT2D eigenvalue weighted by molar-refractivity contribution is -0.131. The number of benzene rings is 1. The van der Waals surface area contributed by atoms with Gasteiger partial charge in [0.2, 0.25) is 11.8 Å². The summed E-state index contributed by atoms with van der Waals surface area (Å²) in [5, 5.41) is 2.92. The Hall–Kier alpha value is -2.24. The highest BCUT2D eigenvalue weighted by Crippen LogP contribution is 2.36. The van der Waals surface area contributed by atoms with E-state index in [4.69, 9.17) is 9.47 Å². The first kappa shape index (κ1) is 19.5. The molecule has 1 saturated carbocycles. The van der Waals surface area contributed by atoms with Crippen molar-refractivity contribution in [3.63, 3.8) is 0 Å². The lowest BCUT2D eigenvalue weighted by atomic mass is 9.77. The zero-order valence-corrected chi connectivity index (χ0v) is 16.7. The van der Waals surface area contributed by atoms with E-state index < -0.39 is 0 Å². The average Bonchev–Trinajstić information content (AvgIpc) is 3.05. The fourth-order valence-electron chi connectivity index (χ4n) is 4.37. The van der Waals surface area contributed by atoms with Crippen LogP contribution in [-0.2, 0) is 9.59 Å². The number of ether oxygens (including phenoxy) is 2. The lowest BCUT2D eigenvalue weighted by Gasteiger charge is -2.40. The second kappa shape index (κ2) is 8.19. The molecular weight excluding hydrogens is 344 g/mol. The average molecular weight is 374 g/mol. The zero-order chi connectivity index (χ0) is 19.6. The molecule has 27 heavy (non-hydrogen) atoms. The Bertz CT molecular complexity index is 705. The Morgan fingerprint density at radius 3 is 2.67 bits per heavy atom. The quantitative estimate of drug-likeness (QED) is 0.859. The standard InChI is InChI=1S/C21H30N2O4/c1-13-6-5-7-18(14(13)2)23-12-15(10-20(23)24)21(25)22-17-11-16(26-3)8-9-19(17)27-4/h8-9,11,13-15,18H,5-7,10,12H2,1-4H3,(H,22,25)/t13-,14+,15-,18-/m1/s1. The number of carbonyl (C=O) groups excluding carboxylic acids is 2. The van der Waals surface area contributed by atoms with E-state index in [2.05, 4.69) is 19.2 Å². The van der Waals surface area contributed by atoms with Gasteiger partial charge in [-0.2, -0.15) is 0 Å². The van der Waals surface area contributed by atoms with E-state index in [1.54, 1.807) is 32.4 Å². The molecule has 148 valence electrons. The maximum atomic E-state index is 12.8. The topological polar surface area (TPSA) is 67.9 Å². The van der Waals surface area contributed by atoms with Crippen molar-refractivity contribution in [1.82, 2.24) is 4.90 Å². The molecule has 0 spiro atoms. The van der Waals surface area contributed by atoms with E-state index in [1.807, 2.05) is 4.90 Å². The minimum atomic E-state index is -0.335. The molecule has 3 rings (SSSR count). The second-order valence-electron chi connectivity index (χ2n) is 7.84. The molecular formula is C21H30N2O4. The minimum absolute atomic E-state index is 0.0960. The summed E-state index contributed by atoms with van der Waals surface area (Å²) < 4.78 is 10.6. The van der Waals surface area contributed by atoms with Gasteiger partial charge in [0, 0.05) is 25.1 Å². The van der Waals surface area contributed by atoms with Gasteiger partial charge in [-0.15, -0.1) is 0 Å². The number of rotatable bonds is 5. The monoisotopic (exact) mass is 374 g/mol. The van der Waals surface area contributed by atoms with Crippen LogP contribution in [0.4, 0.5) is 5.69 Å². The number of hydrogen-bond acceptors (Lipinski definition) is 4. The van der Waals surface area contributed by atoms with Crippen LogP contribution in [-0.4, -0.2) is 43.5 Å². The Morgan fingerprint density at radius 2 is 1.96 bits per heavy atom. The van der Waals surface area contributed by atoms with Crippen LogP contribution >= 0.6 is 0 Å². The van der Waals surface area contributed by atoms with Crippen molar-refractivity contribution >= 4 is 17.5 Å². The molecule has 2 fully saturated rings. The number of likely N-dealkylation sites (tertiary alicyclic amines) is 1. The van der Waals surface area contributed by atoms with Gasteiger partial charge >= 0.3 is 0 Å². The molecule has 2 aliphatic rings. The van der Waals surface area contributed by atoms with Crippen LogP contribution in [0.2, 0.25) is 0 Å². The van der Waals surface area contributed by atoms with Gasteiger partial charge in [-0.05, 0) is 30.4 Å². The molecule has 0 bridgehead atoms. The van der Waals surface area contributed by atoms with Crippen LogP contribution in [0.15, 0.2) is 18.2 Å². The van der Waals surface area contributed by atoms with Gasteiger partial charge in [0.25, 0.3) is 0 Å². The van der Waals surface area contributed by atoms with Crippen LogP contribution in [0.1, 0.15) is 39.5 Å². The van der Waals surface area contributed by atoms with Crippen molar-refractivity contribution < 1.29 is 19.1 Å². The first-order chi connectivity index (χ1) is 12.9. The van der Waals surface area contributed by atoms with Crippen LogP contribution in [0.3, 0.4) is 0 Å². The molecule has 1 aliphatic heterocycles. The van der Waals surface area contributed by atoms with E-state index in [0.717, 1.165) is 12.8 Å². The maximum absolute atomic E-state index is 12.8. The first-order valence-corrected chi connectivity index (χ1v) is 9.77. The molecule has 6 nitrogen and oxygen atoms in total. The summed E-state index contributed by atoms with van der Waals surface area (Å²) in [7, 11) is 3.14. The van der Waals surface area contributed by atoms with E-state index in [9.17, 15) is 9.59 Å². The summed E-state index contributed by atoms with van der Waals surface area (Å²) in [4.78, 5) is 27.4. The number of hydrogen-bond donors (Lipinski definition) is 1. The van der Waals surface area contributed by atoms with Gasteiger partial charge in [-0.1, -0.05) is 26.7 Å². The third-order valence-corrected chi connectivity index (χ3v) is 6.26. The summed E-state index contributed by atoms with van der Waals surface area (Å²) in [5.74, 6) is 1.92. The fourth-order valence-corrected chi connectivity index (χ4v) is 4.37. The molecule has 0 radical (unpaired) electrons. The Kier molecular flexibility index (Phi) is 5.92. The van der Waals surface area contributed by atoms with Crippen molar-refractivity contribution in [3.05, 3.63) is 18.2 Å². The fraction of sp³-hybridized carbons (Fsp3) is 0.619. The predicted molar refractivity (Wildman–Crippen MR) is 104 cm³/mol. The molecule has 1 aromatic carbocycles. The normalized spacial score (nSPS) is 28.1. The predicted octanol–water partition coefficient (Wildman–Crippen LogP) is 3.32. The Balaban J connectivity index is 1.69. The van der Waals surface area contributed by atoms with Crippen molar-refractivity contribution in [2.24, 2.45) is 17.8 Å². The largest absolute Gasteiger partial charge is 0.497 e. The summed E-state index contributed by atoms with van der Waals surface area (Å²) >= 11 is 0. The summed E-state index contributed by atoms with van der Waals surface area (Å²) in [5.41, 5.74) is 0.562. The lowest BCUT2D eigenvalue weighted by Crippen LogP contribution is -2.45. The molecule has 0 aromatic heterocycles. The molecule has 1 aromatic rings. The van der Waals surface area contributed by atoms with Crippen LogP contribution in [0, 0.1) is 17.8 Å². The Labute approximate surface area is 161 Å². The molecule has 0 unspecified atom stereocenters. The van der Waals surface area contributed by atoms with Gasteiger partial charge in [0.05, 0.1) is 25.8 Å². The summed E-state index contributed by atoms with van der Waals surface area (Å²) in [6, 6.07) is 5.52. The van der Waals surface area contributed by atoms with Crippen molar-refractivity contribution in [1.29, 1.82) is 0 Å². The van der Waals surface area contributed by atoms with Gasteiger partial charge < -0.3 is 19.7 Å². The van der Waals surface area contributed by atoms with E-state index >= 15 is 0 Å². The van der Waals surface area contributed by atoms with Crippen LogP contribution in [0.25, 0.3) is 0 Å². The second-order valence-corrected chi connectivity index (χ2v) is 7.84. The molecule has 1 N–H and O–H groups in total. The third-order valence-electron chi connectivity index (χ3n) is 6.26. The third kappa shape index (κ3) is 4.04. The van der Waals surface area contributed by atoms with Crippen molar-refractivity contribution in [3.8, 4) is 11.5 Å². The molecule has 1 heterocycles. The molecule has 2 amide bonds. The Morgan fingerprint density at radius 1 is 1.19 bits per heavy atom. The van der Waals surface area contributed by atoms with E-state index in [1.165, 1.54) is 6.42 Å². The van der Waals surface area contributed by atoms with Gasteiger partial charge in [-0.25, -0.2) is 0 Å². The molecule has 6 heteroatoms. The number of carbonyl (C=O) groups is 2. The number of methoxy groups -OCH3 is 2. The molecule has 4 atom stereocenters. The van der Waals surface area contributed by atoms with Crippen LogP contribution < -0.4 is 14.8 Å². The maximum Gasteiger partial charge on any atom is 0.229 e. The highest BCUT2D eigenvalue weighted by molar-refractivity contribution is 5.98. The molecule has 1 saturated heterocycles. The molecule has 1 aliphatic carbocycles. The zero-order valence-electron chi connectivity index (χ0n) is 16.7. The summed E-state index contributed by atoms with van der Waals surface area (Å²) in [6.45, 7) is 4.99. The SMILES string of the molecule is COc1ccc(OC)c(NC(=O)[C@@H]2CC(=O)N([C@@H]3CCC[C@@H](C)[C@@H]3C)C2)c1. The first-order valence-electron chi connectivity index (χ1n) is 9.77. The van der Waals surface area contributed by atoms with Crippen LogP contribution in [0.5, 0.6) is 11.5 Å². The number of anilines is 1. The van der Waals surface area contributed by atoms with Gasteiger partial charge in [0.15, 0.2) is 0 Å². The van der Waals surface area contributed by atoms with Crippen molar-refractivity contribution in [2.45, 2.75) is 45.6 Å². The summed E-state index contributed by atoms with van der Waals surface area (Å²) in [6.07, 6.45) is 3.68. The van der Waals surface area contributed by atoms with Gasteiger partial charge in [0.1, 0.15) is 11.5 Å². The number of nitrogens with one attached hydrogen (secondary N) is 1. The number of nitrogens with zero attached hydrogens (tertiary/aromatic N) is 1. The number of amides is 2. The van der Waals surface area contributed by atoms with Gasteiger partial charge in [-0.3, -0.25) is 9.59 Å². The highest BCUT2D eigenvalue weighted by Gasteiger charge is 2.41. The van der Waals surface area contributed by atoms with Crippen molar-refractivity contribution in [2.75, 3.05) is 26.1 Å². The smallest absolute Gasteiger partial charge is 0.229 e. The highest BCUT2D eigenvalue weighted by atomic mass is 16.5.